The van der Waals surface area contributed by atoms with Gasteiger partial charge in [-0.2, -0.15) is 17.5 Å². The van der Waals surface area contributed by atoms with Crippen molar-refractivity contribution >= 4 is 10.0 Å². The summed E-state index contributed by atoms with van der Waals surface area (Å²) in [5.41, 5.74) is -0.979. The molecule has 0 aliphatic rings. The normalized spacial score (nSPS) is 12.9. The number of furan rings is 1. The van der Waals surface area contributed by atoms with Gasteiger partial charge in [0.05, 0.1) is 17.0 Å². The average Bonchev–Trinajstić information content (AvgIpc) is 2.95. The molecule has 0 aliphatic carbocycles. The van der Waals surface area contributed by atoms with Crippen LogP contribution in [0.3, 0.4) is 0 Å². The fraction of sp³-hybridized carbons (Fsp3) is 0.444. The minimum absolute atomic E-state index is 0.0250. The maximum Gasteiger partial charge on any atom is 0.416 e. The van der Waals surface area contributed by atoms with E-state index in [-0.39, 0.29) is 23.5 Å². The molecule has 0 radical (unpaired) electrons. The van der Waals surface area contributed by atoms with Crippen LogP contribution in [0.2, 0.25) is 0 Å². The van der Waals surface area contributed by atoms with E-state index in [0.29, 0.717) is 24.1 Å². The Bertz CT molecular complexity index is 889. The molecule has 2 rings (SSSR count). The van der Waals surface area contributed by atoms with E-state index in [1.165, 1.54) is 19.1 Å². The van der Waals surface area contributed by atoms with Gasteiger partial charge in [0.1, 0.15) is 11.5 Å². The zero-order chi connectivity index (χ0) is 20.4. The quantitative estimate of drug-likeness (QED) is 0.707. The molecule has 0 spiro atoms. The fourth-order valence-electron chi connectivity index (χ4n) is 2.56. The largest absolute Gasteiger partial charge is 0.465 e. The Morgan fingerprint density at radius 3 is 2.22 bits per heavy atom. The van der Waals surface area contributed by atoms with Crippen LogP contribution < -0.4 is 0 Å². The molecule has 5 nitrogen and oxygen atoms in total. The maximum absolute atomic E-state index is 13.2. The van der Waals surface area contributed by atoms with E-state index < -0.39 is 21.8 Å². The van der Waals surface area contributed by atoms with E-state index in [9.17, 15) is 21.6 Å². The van der Waals surface area contributed by atoms with Gasteiger partial charge in [0.2, 0.25) is 10.0 Å². The molecule has 1 aromatic carbocycles. The number of aryl methyl sites for hydroxylation is 2. The zero-order valence-corrected chi connectivity index (χ0v) is 16.5. The summed E-state index contributed by atoms with van der Waals surface area (Å²) in [5.74, 6) is 1.06. The maximum atomic E-state index is 13.2. The number of hydrogen-bond acceptors (Lipinski definition) is 4. The predicted octanol–water partition coefficient (Wildman–Crippen LogP) is 3.67. The highest BCUT2D eigenvalue weighted by atomic mass is 32.2. The molecule has 0 amide bonds. The second kappa shape index (κ2) is 8.04. The number of halogens is 3. The summed E-state index contributed by atoms with van der Waals surface area (Å²) in [7, 11) is -0.564. The molecule has 0 atom stereocenters. The lowest BCUT2D eigenvalue weighted by atomic mass is 10.1. The molecule has 150 valence electrons. The van der Waals surface area contributed by atoms with E-state index >= 15 is 0 Å². The van der Waals surface area contributed by atoms with Crippen LogP contribution in [0.4, 0.5) is 13.2 Å². The second-order valence-electron chi connectivity index (χ2n) is 6.63. The number of alkyl halides is 3. The summed E-state index contributed by atoms with van der Waals surface area (Å²) in [6.07, 6.45) is -4.62. The van der Waals surface area contributed by atoms with Gasteiger partial charge in [-0.15, -0.1) is 0 Å². The third-order valence-corrected chi connectivity index (χ3v) is 5.92. The number of rotatable bonds is 7. The Morgan fingerprint density at radius 1 is 1.04 bits per heavy atom. The average molecular weight is 404 g/mol. The fourth-order valence-corrected chi connectivity index (χ4v) is 3.98. The highest BCUT2D eigenvalue weighted by Crippen LogP contribution is 2.34. The van der Waals surface area contributed by atoms with E-state index in [1.807, 2.05) is 0 Å². The van der Waals surface area contributed by atoms with Crippen LogP contribution in [0.1, 0.15) is 22.6 Å². The number of sulfonamides is 1. The molecule has 27 heavy (non-hydrogen) atoms. The van der Waals surface area contributed by atoms with Crippen LogP contribution >= 0.6 is 0 Å². The van der Waals surface area contributed by atoms with Gasteiger partial charge >= 0.3 is 6.18 Å². The topological polar surface area (TPSA) is 53.8 Å². The molecule has 0 saturated carbocycles. The van der Waals surface area contributed by atoms with Gasteiger partial charge in [-0.1, -0.05) is 6.07 Å². The van der Waals surface area contributed by atoms with Crippen molar-refractivity contribution in [2.75, 3.05) is 27.2 Å². The van der Waals surface area contributed by atoms with Crippen LogP contribution in [-0.4, -0.2) is 44.8 Å². The predicted molar refractivity (Wildman–Crippen MR) is 95.8 cm³/mol. The lowest BCUT2D eigenvalue weighted by molar-refractivity contribution is -0.138. The summed E-state index contributed by atoms with van der Waals surface area (Å²) in [4.78, 5) is 1.41. The van der Waals surface area contributed by atoms with Gasteiger partial charge < -0.3 is 9.32 Å². The SMILES string of the molecule is Cc1ccc(CN(CCN(C)C)S(=O)(=O)c2ccc(C)c(C(F)(F)F)c2)o1. The van der Waals surface area contributed by atoms with Crippen molar-refractivity contribution in [3.05, 3.63) is 53.0 Å². The Hall–Kier alpha value is -1.84. The molecule has 0 N–H and O–H groups in total. The Balaban J connectivity index is 2.43. The van der Waals surface area contributed by atoms with Crippen molar-refractivity contribution in [1.29, 1.82) is 0 Å². The molecule has 0 aliphatic heterocycles. The van der Waals surface area contributed by atoms with Crippen molar-refractivity contribution in [3.8, 4) is 0 Å². The number of hydrogen-bond donors (Lipinski definition) is 0. The van der Waals surface area contributed by atoms with E-state index in [1.54, 1.807) is 38.1 Å². The van der Waals surface area contributed by atoms with Crippen molar-refractivity contribution in [2.24, 2.45) is 0 Å². The molecular formula is C18H23F3N2O3S. The molecule has 0 fully saturated rings. The molecular weight excluding hydrogens is 381 g/mol. The lowest BCUT2D eigenvalue weighted by Gasteiger charge is -2.23. The van der Waals surface area contributed by atoms with Gasteiger partial charge in [-0.25, -0.2) is 8.42 Å². The number of nitrogens with zero attached hydrogens (tertiary/aromatic N) is 2. The highest BCUT2D eigenvalue weighted by molar-refractivity contribution is 7.89. The standard InChI is InChI=1S/C18H23F3N2O3S/c1-13-5-8-16(11-17(13)18(19,20)21)27(24,25)23(10-9-22(3)4)12-15-7-6-14(2)26-15/h5-8,11H,9-10,12H2,1-4H3. The Kier molecular flexibility index (Phi) is 6.39. The summed E-state index contributed by atoms with van der Waals surface area (Å²) < 4.78 is 72.2. The summed E-state index contributed by atoms with van der Waals surface area (Å²) in [6.45, 7) is 3.51. The van der Waals surface area contributed by atoms with Crippen molar-refractivity contribution in [3.63, 3.8) is 0 Å². The molecule has 0 saturated heterocycles. The van der Waals surface area contributed by atoms with Crippen LogP contribution in [0.25, 0.3) is 0 Å². The van der Waals surface area contributed by atoms with Gasteiger partial charge in [0, 0.05) is 13.1 Å². The summed E-state index contributed by atoms with van der Waals surface area (Å²) in [6, 6.07) is 6.44. The van der Waals surface area contributed by atoms with Crippen LogP contribution in [0.15, 0.2) is 39.6 Å². The van der Waals surface area contributed by atoms with E-state index in [4.69, 9.17) is 4.42 Å². The highest BCUT2D eigenvalue weighted by Gasteiger charge is 2.35. The van der Waals surface area contributed by atoms with Gasteiger partial charge in [0.15, 0.2) is 0 Å². The zero-order valence-electron chi connectivity index (χ0n) is 15.7. The van der Waals surface area contributed by atoms with Gasteiger partial charge in [0.25, 0.3) is 0 Å². The first-order valence-corrected chi connectivity index (χ1v) is 9.73. The minimum atomic E-state index is -4.62. The third-order valence-electron chi connectivity index (χ3n) is 4.08. The van der Waals surface area contributed by atoms with Crippen molar-refractivity contribution in [2.45, 2.75) is 31.5 Å². The first-order valence-electron chi connectivity index (χ1n) is 8.29. The number of benzene rings is 1. The Labute approximate surface area is 157 Å². The van der Waals surface area contributed by atoms with E-state index in [0.717, 1.165) is 4.31 Å². The first kappa shape index (κ1) is 21.5. The molecule has 1 aromatic heterocycles. The van der Waals surface area contributed by atoms with Gasteiger partial charge in [-0.3, -0.25) is 0 Å². The summed E-state index contributed by atoms with van der Waals surface area (Å²) in [5, 5.41) is 0. The summed E-state index contributed by atoms with van der Waals surface area (Å²) >= 11 is 0. The molecule has 0 unspecified atom stereocenters. The van der Waals surface area contributed by atoms with Crippen LogP contribution in [0.5, 0.6) is 0 Å². The number of likely N-dealkylation sites (N-methyl/N-ethyl adjacent to an activating group) is 1. The van der Waals surface area contributed by atoms with Crippen molar-refractivity contribution < 1.29 is 26.0 Å². The molecule has 0 bridgehead atoms. The Morgan fingerprint density at radius 2 is 1.70 bits per heavy atom. The third kappa shape index (κ3) is 5.33. The monoisotopic (exact) mass is 404 g/mol. The minimum Gasteiger partial charge on any atom is -0.465 e. The van der Waals surface area contributed by atoms with Crippen LogP contribution in [-0.2, 0) is 22.7 Å². The van der Waals surface area contributed by atoms with E-state index in [2.05, 4.69) is 0 Å². The molecule has 2 aromatic rings. The van der Waals surface area contributed by atoms with Crippen molar-refractivity contribution in [1.82, 2.24) is 9.21 Å². The molecule has 1 heterocycles. The first-order chi connectivity index (χ1) is 12.4. The smallest absolute Gasteiger partial charge is 0.416 e. The lowest BCUT2D eigenvalue weighted by Crippen LogP contribution is -2.36. The molecule has 9 heteroatoms. The van der Waals surface area contributed by atoms with Crippen LogP contribution in [0, 0.1) is 13.8 Å². The second-order valence-corrected chi connectivity index (χ2v) is 8.57. The van der Waals surface area contributed by atoms with Gasteiger partial charge in [-0.05, 0) is 57.8 Å².